The van der Waals surface area contributed by atoms with E-state index >= 15 is 0 Å². The van der Waals surface area contributed by atoms with Crippen molar-refractivity contribution in [1.29, 1.82) is 0 Å². The van der Waals surface area contributed by atoms with Crippen LogP contribution in [0.3, 0.4) is 0 Å². The van der Waals surface area contributed by atoms with Gasteiger partial charge in [0.25, 0.3) is 5.91 Å². The first-order valence-electron chi connectivity index (χ1n) is 5.91. The molecule has 7 heteroatoms. The van der Waals surface area contributed by atoms with Crippen molar-refractivity contribution in [1.82, 2.24) is 9.13 Å². The molecule has 0 saturated heterocycles. The van der Waals surface area contributed by atoms with Gasteiger partial charge in [-0.1, -0.05) is 12.1 Å². The lowest BCUT2D eigenvalue weighted by molar-refractivity contribution is -0.118. The predicted octanol–water partition coefficient (Wildman–Crippen LogP) is 1.12. The van der Waals surface area contributed by atoms with Gasteiger partial charge in [0, 0.05) is 18.6 Å². The standard InChI is InChI=1S/C13H11N3O3S/c1-15-6-7-20-12(15)14-11(17)8-16-9-4-2-3-5-10(9)19-13(16)18/h2-7H,8H2,1H3. The van der Waals surface area contributed by atoms with Crippen molar-refractivity contribution < 1.29 is 9.21 Å². The number of fused-ring (bicyclic) bond motifs is 1. The number of nitrogens with zero attached hydrogens (tertiary/aromatic N) is 3. The summed E-state index contributed by atoms with van der Waals surface area (Å²) in [6.07, 6.45) is 1.82. The molecule has 0 aliphatic rings. The lowest BCUT2D eigenvalue weighted by Gasteiger charge is -1.97. The fraction of sp³-hybridized carbons (Fsp3) is 0.154. The SMILES string of the molecule is Cn1ccsc1=NC(=O)Cn1c(=O)oc2ccccc21. The van der Waals surface area contributed by atoms with Gasteiger partial charge in [0.15, 0.2) is 10.4 Å². The van der Waals surface area contributed by atoms with Crippen molar-refractivity contribution in [3.05, 3.63) is 51.2 Å². The van der Waals surface area contributed by atoms with Crippen molar-refractivity contribution in [3.8, 4) is 0 Å². The summed E-state index contributed by atoms with van der Waals surface area (Å²) in [6.45, 7) is -0.131. The summed E-state index contributed by atoms with van der Waals surface area (Å²) in [6, 6.07) is 6.98. The third kappa shape index (κ3) is 2.23. The highest BCUT2D eigenvalue weighted by atomic mass is 32.1. The van der Waals surface area contributed by atoms with Gasteiger partial charge in [-0.15, -0.1) is 11.3 Å². The van der Waals surface area contributed by atoms with Gasteiger partial charge >= 0.3 is 5.76 Å². The van der Waals surface area contributed by atoms with Gasteiger partial charge < -0.3 is 8.98 Å². The van der Waals surface area contributed by atoms with Crippen LogP contribution < -0.4 is 10.6 Å². The van der Waals surface area contributed by atoms with Gasteiger partial charge in [0.2, 0.25) is 0 Å². The molecule has 0 atom stereocenters. The summed E-state index contributed by atoms with van der Waals surface area (Å²) in [4.78, 5) is 28.3. The lowest BCUT2D eigenvalue weighted by atomic mass is 10.3. The van der Waals surface area contributed by atoms with Gasteiger partial charge in [-0.2, -0.15) is 4.99 Å². The van der Waals surface area contributed by atoms with Crippen LogP contribution in [-0.4, -0.2) is 15.0 Å². The van der Waals surface area contributed by atoms with E-state index in [1.54, 1.807) is 28.8 Å². The molecule has 0 bridgehead atoms. The van der Waals surface area contributed by atoms with Gasteiger partial charge in [-0.05, 0) is 12.1 Å². The molecule has 102 valence electrons. The number of thiazole rings is 1. The first-order chi connectivity index (χ1) is 9.65. The zero-order valence-corrected chi connectivity index (χ0v) is 11.5. The number of rotatable bonds is 2. The van der Waals surface area contributed by atoms with Crippen molar-refractivity contribution in [2.24, 2.45) is 12.0 Å². The molecule has 1 aromatic carbocycles. The Morgan fingerprint density at radius 2 is 2.20 bits per heavy atom. The molecule has 2 aromatic heterocycles. The number of oxazole rings is 1. The van der Waals surface area contributed by atoms with Gasteiger partial charge in [-0.3, -0.25) is 9.36 Å². The first kappa shape index (κ1) is 12.6. The summed E-state index contributed by atoms with van der Waals surface area (Å²) in [7, 11) is 1.81. The maximum Gasteiger partial charge on any atom is 0.420 e. The Morgan fingerprint density at radius 1 is 1.40 bits per heavy atom. The molecular weight excluding hydrogens is 278 g/mol. The summed E-state index contributed by atoms with van der Waals surface area (Å²) >= 11 is 1.36. The fourth-order valence-corrected chi connectivity index (χ4v) is 2.62. The van der Waals surface area contributed by atoms with Crippen LogP contribution in [0.15, 0.2) is 50.0 Å². The fourth-order valence-electron chi connectivity index (χ4n) is 1.88. The van der Waals surface area contributed by atoms with Crippen LogP contribution >= 0.6 is 11.3 Å². The Balaban J connectivity index is 1.98. The highest BCUT2D eigenvalue weighted by Crippen LogP contribution is 2.11. The summed E-state index contributed by atoms with van der Waals surface area (Å²) < 4.78 is 8.11. The first-order valence-corrected chi connectivity index (χ1v) is 6.79. The third-order valence-electron chi connectivity index (χ3n) is 2.85. The number of aryl methyl sites for hydroxylation is 1. The number of carbonyl (C=O) groups is 1. The monoisotopic (exact) mass is 289 g/mol. The van der Waals surface area contributed by atoms with Crippen LogP contribution in [-0.2, 0) is 18.4 Å². The molecule has 2 heterocycles. The maximum absolute atomic E-state index is 12.0. The van der Waals surface area contributed by atoms with Crippen LogP contribution in [0.4, 0.5) is 0 Å². The number of amides is 1. The highest BCUT2D eigenvalue weighted by molar-refractivity contribution is 7.07. The van der Waals surface area contributed by atoms with Gasteiger partial charge in [0.05, 0.1) is 5.52 Å². The van der Waals surface area contributed by atoms with Crippen LogP contribution in [0.2, 0.25) is 0 Å². The second-order valence-electron chi connectivity index (χ2n) is 4.22. The average Bonchev–Trinajstić information content (AvgIpc) is 2.95. The summed E-state index contributed by atoms with van der Waals surface area (Å²) in [5.41, 5.74) is 1.06. The van der Waals surface area contributed by atoms with Gasteiger partial charge in [0.1, 0.15) is 6.54 Å². The molecule has 0 fully saturated rings. The lowest BCUT2D eigenvalue weighted by Crippen LogP contribution is -2.21. The Labute approximate surface area is 117 Å². The van der Waals surface area contributed by atoms with E-state index in [1.807, 2.05) is 18.6 Å². The van der Waals surface area contributed by atoms with Crippen LogP contribution in [0.25, 0.3) is 11.1 Å². The van der Waals surface area contributed by atoms with Crippen LogP contribution in [0.1, 0.15) is 0 Å². The molecule has 0 radical (unpaired) electrons. The normalized spacial score (nSPS) is 12.2. The number of hydrogen-bond acceptors (Lipinski definition) is 4. The summed E-state index contributed by atoms with van der Waals surface area (Å²) in [5, 5.41) is 1.84. The molecule has 0 saturated carbocycles. The molecular formula is C13H11N3O3S. The smallest absolute Gasteiger partial charge is 0.408 e. The number of hydrogen-bond donors (Lipinski definition) is 0. The largest absolute Gasteiger partial charge is 0.420 e. The zero-order valence-electron chi connectivity index (χ0n) is 10.6. The topological polar surface area (TPSA) is 69.5 Å². The Kier molecular flexibility index (Phi) is 3.11. The maximum atomic E-state index is 12.0. The van der Waals surface area contributed by atoms with E-state index in [0.29, 0.717) is 15.9 Å². The minimum Gasteiger partial charge on any atom is -0.408 e. The molecule has 0 spiro atoms. The van der Waals surface area contributed by atoms with E-state index in [2.05, 4.69) is 4.99 Å². The van der Waals surface area contributed by atoms with Crippen molar-refractivity contribution in [3.63, 3.8) is 0 Å². The second kappa shape index (κ2) is 4.93. The quantitative estimate of drug-likeness (QED) is 0.710. The minimum absolute atomic E-state index is 0.131. The Bertz CT molecular complexity index is 897. The van der Waals surface area contributed by atoms with Crippen molar-refractivity contribution >= 4 is 28.3 Å². The molecule has 20 heavy (non-hydrogen) atoms. The molecule has 0 unspecified atom stereocenters. The van der Waals surface area contributed by atoms with Crippen molar-refractivity contribution in [2.45, 2.75) is 6.54 Å². The van der Waals surface area contributed by atoms with E-state index in [9.17, 15) is 9.59 Å². The van der Waals surface area contributed by atoms with Crippen LogP contribution in [0.5, 0.6) is 0 Å². The Morgan fingerprint density at radius 3 is 2.95 bits per heavy atom. The van der Waals surface area contributed by atoms with E-state index in [1.165, 1.54) is 15.9 Å². The molecule has 0 aliphatic carbocycles. The van der Waals surface area contributed by atoms with Gasteiger partial charge in [-0.25, -0.2) is 4.79 Å². The molecule has 6 nitrogen and oxygen atoms in total. The molecule has 1 amide bonds. The minimum atomic E-state index is -0.551. The highest BCUT2D eigenvalue weighted by Gasteiger charge is 2.11. The van der Waals surface area contributed by atoms with E-state index < -0.39 is 11.7 Å². The van der Waals surface area contributed by atoms with E-state index in [-0.39, 0.29) is 6.54 Å². The van der Waals surface area contributed by atoms with Crippen molar-refractivity contribution in [2.75, 3.05) is 0 Å². The Hall–Kier alpha value is -2.41. The zero-order chi connectivity index (χ0) is 14.1. The number of para-hydroxylation sites is 2. The van der Waals surface area contributed by atoms with E-state index in [4.69, 9.17) is 4.42 Å². The third-order valence-corrected chi connectivity index (χ3v) is 3.69. The number of aromatic nitrogens is 2. The molecule has 3 rings (SSSR count). The average molecular weight is 289 g/mol. The molecule has 0 N–H and O–H groups in total. The summed E-state index contributed by atoms with van der Waals surface area (Å²) in [5.74, 6) is -0.943. The number of carbonyl (C=O) groups excluding carboxylic acids is 1. The number of benzene rings is 1. The molecule has 3 aromatic rings. The second-order valence-corrected chi connectivity index (χ2v) is 5.10. The van der Waals surface area contributed by atoms with E-state index in [0.717, 1.165) is 0 Å². The van der Waals surface area contributed by atoms with Crippen LogP contribution in [0, 0.1) is 0 Å². The predicted molar refractivity (Wildman–Crippen MR) is 74.3 cm³/mol. The molecule has 0 aliphatic heterocycles.